The molecule has 0 unspecified atom stereocenters. The van der Waals surface area contributed by atoms with E-state index >= 15 is 0 Å². The molecule has 72 valence electrons. The second-order valence-corrected chi connectivity index (χ2v) is 4.26. The monoisotopic (exact) mass is 204 g/mol. The molecule has 0 amide bonds. The fraction of sp³-hybridized carbons (Fsp3) is 0.250. The van der Waals surface area contributed by atoms with E-state index in [1.54, 1.807) is 6.07 Å². The molecule has 1 aromatic rings. The number of benzene rings is 1. The van der Waals surface area contributed by atoms with Crippen LogP contribution >= 0.6 is 0 Å². The molecule has 1 aromatic carbocycles. The molecule has 0 radical (unpaired) electrons. The fourth-order valence-electron chi connectivity index (χ4n) is 0.935. The first-order chi connectivity index (χ1) is 6.11. The van der Waals surface area contributed by atoms with E-state index in [4.69, 9.17) is 4.74 Å². The van der Waals surface area contributed by atoms with E-state index in [1.165, 1.54) is 25.3 Å². The summed E-state index contributed by atoms with van der Waals surface area (Å²) >= 11 is 0. The van der Waals surface area contributed by atoms with E-state index < -0.39 is 15.8 Å². The highest BCUT2D eigenvalue weighted by atomic mass is 32.2. The van der Waals surface area contributed by atoms with Crippen molar-refractivity contribution in [3.05, 3.63) is 24.3 Å². The number of sulfone groups is 1. The minimum Gasteiger partial charge on any atom is -0.495 e. The van der Waals surface area contributed by atoms with E-state index in [0.29, 0.717) is 0 Å². The third-order valence-electron chi connectivity index (χ3n) is 1.55. The summed E-state index contributed by atoms with van der Waals surface area (Å²) in [7, 11) is -2.49. The molecule has 0 saturated carbocycles. The Hall–Kier alpha value is -1.10. The zero-order valence-corrected chi connectivity index (χ0v) is 7.84. The number of halogens is 1. The van der Waals surface area contributed by atoms with Crippen LogP contribution in [-0.4, -0.2) is 21.5 Å². The first kappa shape index (κ1) is 9.98. The zero-order valence-electron chi connectivity index (χ0n) is 7.03. The van der Waals surface area contributed by atoms with Crippen molar-refractivity contribution in [3.8, 4) is 5.75 Å². The quantitative estimate of drug-likeness (QED) is 0.747. The summed E-state index contributed by atoms with van der Waals surface area (Å²) in [5, 5.41) is 0. The molecule has 0 atom stereocenters. The topological polar surface area (TPSA) is 43.4 Å². The van der Waals surface area contributed by atoms with Crippen molar-refractivity contribution in [2.24, 2.45) is 0 Å². The summed E-state index contributed by atoms with van der Waals surface area (Å²) in [4.78, 5) is -0.111. The van der Waals surface area contributed by atoms with Crippen molar-refractivity contribution >= 4 is 9.84 Å². The summed E-state index contributed by atoms with van der Waals surface area (Å²) in [5.74, 6) is 0.167. The standard InChI is InChI=1S/C8H9FO3S/c1-12-7-4-2-3-5-8(7)13(10,11)6-9/h2-5H,6H2,1H3. The largest absolute Gasteiger partial charge is 0.495 e. The van der Waals surface area contributed by atoms with Gasteiger partial charge in [-0.15, -0.1) is 0 Å². The van der Waals surface area contributed by atoms with E-state index in [9.17, 15) is 12.8 Å². The third kappa shape index (κ3) is 1.98. The summed E-state index contributed by atoms with van der Waals surface area (Å²) in [6.45, 7) is 0. The number of ether oxygens (including phenoxy) is 1. The predicted molar refractivity (Wildman–Crippen MR) is 46.2 cm³/mol. The minimum atomic E-state index is -3.83. The lowest BCUT2D eigenvalue weighted by Crippen LogP contribution is -2.04. The Morgan fingerprint density at radius 2 is 2.00 bits per heavy atom. The maximum atomic E-state index is 12.1. The Morgan fingerprint density at radius 3 is 2.54 bits per heavy atom. The number of alkyl halides is 1. The normalized spacial score (nSPS) is 11.2. The molecule has 0 saturated heterocycles. The Balaban J connectivity index is 3.29. The van der Waals surface area contributed by atoms with Gasteiger partial charge in [-0.05, 0) is 12.1 Å². The molecule has 3 nitrogen and oxygen atoms in total. The maximum absolute atomic E-state index is 12.1. The summed E-state index contributed by atoms with van der Waals surface area (Å²) in [6.07, 6.45) is 0. The molecule has 13 heavy (non-hydrogen) atoms. The van der Waals surface area contributed by atoms with Gasteiger partial charge in [-0.3, -0.25) is 0 Å². The van der Waals surface area contributed by atoms with E-state index in [-0.39, 0.29) is 10.6 Å². The van der Waals surface area contributed by atoms with Gasteiger partial charge in [0.15, 0.2) is 6.01 Å². The molecule has 0 aliphatic heterocycles. The van der Waals surface area contributed by atoms with Crippen molar-refractivity contribution < 1.29 is 17.5 Å². The lowest BCUT2D eigenvalue weighted by molar-refractivity contribution is 0.402. The van der Waals surface area contributed by atoms with Gasteiger partial charge >= 0.3 is 0 Å². The molecular weight excluding hydrogens is 195 g/mol. The van der Waals surface area contributed by atoms with Gasteiger partial charge in [-0.25, -0.2) is 12.8 Å². The van der Waals surface area contributed by atoms with Crippen LogP contribution in [0.1, 0.15) is 0 Å². The third-order valence-corrected chi connectivity index (χ3v) is 2.84. The molecule has 1 rings (SSSR count). The van der Waals surface area contributed by atoms with Crippen LogP contribution in [0.15, 0.2) is 29.2 Å². The summed E-state index contributed by atoms with van der Waals surface area (Å²) in [6, 6.07) is 4.52. The predicted octanol–water partition coefficient (Wildman–Crippen LogP) is 1.40. The Labute approximate surface area is 76.1 Å². The van der Waals surface area contributed by atoms with Crippen LogP contribution in [0, 0.1) is 0 Å². The molecule has 0 fully saturated rings. The van der Waals surface area contributed by atoms with Crippen molar-refractivity contribution in [3.63, 3.8) is 0 Å². The summed E-state index contributed by atoms with van der Waals surface area (Å²) in [5.41, 5.74) is 0. The second kappa shape index (κ2) is 3.74. The number of para-hydroxylation sites is 1. The van der Waals surface area contributed by atoms with Gasteiger partial charge in [-0.1, -0.05) is 12.1 Å². The van der Waals surface area contributed by atoms with Gasteiger partial charge < -0.3 is 4.74 Å². The number of methoxy groups -OCH3 is 1. The number of hydrogen-bond acceptors (Lipinski definition) is 3. The van der Waals surface area contributed by atoms with Crippen LogP contribution in [-0.2, 0) is 9.84 Å². The Bertz CT molecular complexity index is 386. The molecule has 0 heterocycles. The molecular formula is C8H9FO3S. The average Bonchev–Trinajstić information content (AvgIpc) is 2.18. The maximum Gasteiger partial charge on any atom is 0.211 e. The van der Waals surface area contributed by atoms with E-state index in [2.05, 4.69) is 0 Å². The molecule has 0 aliphatic rings. The van der Waals surface area contributed by atoms with Gasteiger partial charge in [0.2, 0.25) is 9.84 Å². The smallest absolute Gasteiger partial charge is 0.211 e. The van der Waals surface area contributed by atoms with Gasteiger partial charge in [-0.2, -0.15) is 0 Å². The Morgan fingerprint density at radius 1 is 1.38 bits per heavy atom. The average molecular weight is 204 g/mol. The highest BCUT2D eigenvalue weighted by molar-refractivity contribution is 7.91. The molecule has 0 spiro atoms. The van der Waals surface area contributed by atoms with Crippen LogP contribution in [0.3, 0.4) is 0 Å². The molecule has 0 bridgehead atoms. The van der Waals surface area contributed by atoms with Crippen molar-refractivity contribution in [1.29, 1.82) is 0 Å². The number of hydrogen-bond donors (Lipinski definition) is 0. The lowest BCUT2D eigenvalue weighted by Gasteiger charge is -2.05. The minimum absolute atomic E-state index is 0.111. The van der Waals surface area contributed by atoms with Crippen molar-refractivity contribution in [2.75, 3.05) is 13.1 Å². The van der Waals surface area contributed by atoms with Crippen LogP contribution in [0.25, 0.3) is 0 Å². The van der Waals surface area contributed by atoms with Gasteiger partial charge in [0.1, 0.15) is 10.6 Å². The van der Waals surface area contributed by atoms with Crippen LogP contribution in [0.4, 0.5) is 4.39 Å². The van der Waals surface area contributed by atoms with Crippen LogP contribution in [0.5, 0.6) is 5.75 Å². The van der Waals surface area contributed by atoms with Gasteiger partial charge in [0.25, 0.3) is 0 Å². The Kier molecular flexibility index (Phi) is 2.87. The van der Waals surface area contributed by atoms with Crippen LogP contribution in [0.2, 0.25) is 0 Å². The van der Waals surface area contributed by atoms with Crippen molar-refractivity contribution in [2.45, 2.75) is 4.90 Å². The molecule has 5 heteroatoms. The van der Waals surface area contributed by atoms with Gasteiger partial charge in [0, 0.05) is 0 Å². The zero-order chi connectivity index (χ0) is 9.90. The molecule has 0 aromatic heterocycles. The molecule has 0 N–H and O–H groups in total. The highest BCUT2D eigenvalue weighted by Gasteiger charge is 2.18. The SMILES string of the molecule is COc1ccccc1S(=O)(=O)CF. The lowest BCUT2D eigenvalue weighted by atomic mass is 10.3. The first-order valence-electron chi connectivity index (χ1n) is 3.53. The van der Waals surface area contributed by atoms with Crippen molar-refractivity contribution in [1.82, 2.24) is 0 Å². The highest BCUT2D eigenvalue weighted by Crippen LogP contribution is 2.23. The first-order valence-corrected chi connectivity index (χ1v) is 5.19. The number of rotatable bonds is 3. The fourth-order valence-corrected chi connectivity index (χ4v) is 1.80. The van der Waals surface area contributed by atoms with E-state index in [1.807, 2.05) is 0 Å². The second-order valence-electron chi connectivity index (χ2n) is 2.37. The van der Waals surface area contributed by atoms with Gasteiger partial charge in [0.05, 0.1) is 7.11 Å². The summed E-state index contributed by atoms with van der Waals surface area (Å²) < 4.78 is 39.2. The van der Waals surface area contributed by atoms with Crippen LogP contribution < -0.4 is 4.74 Å². The van der Waals surface area contributed by atoms with E-state index in [0.717, 1.165) is 0 Å². The molecule has 0 aliphatic carbocycles.